The first-order valence-corrected chi connectivity index (χ1v) is 9.06. The summed E-state index contributed by atoms with van der Waals surface area (Å²) in [4.78, 5) is 4.26. The highest BCUT2D eigenvalue weighted by Crippen LogP contribution is 2.27. The number of pyridine rings is 1. The molecule has 2 rings (SSSR count). The number of rotatable bonds is 10. The number of hydrogen-bond donors (Lipinski definition) is 1. The van der Waals surface area contributed by atoms with Crippen LogP contribution in [-0.4, -0.2) is 10.1 Å². The highest BCUT2D eigenvalue weighted by Gasteiger charge is 2.04. The Morgan fingerprint density at radius 3 is 2.48 bits per heavy atom. The minimum atomic E-state index is 0.287. The zero-order valence-electron chi connectivity index (χ0n) is 14.3. The molecule has 0 radical (unpaired) electrons. The third kappa shape index (κ3) is 5.70. The van der Waals surface area contributed by atoms with E-state index in [9.17, 15) is 5.11 Å². The van der Waals surface area contributed by atoms with Crippen LogP contribution in [0.15, 0.2) is 36.5 Å². The Labute approximate surface area is 140 Å². The minimum Gasteiger partial charge on any atom is -0.505 e. The summed E-state index contributed by atoms with van der Waals surface area (Å²) in [6, 6.07) is 7.83. The van der Waals surface area contributed by atoms with Crippen LogP contribution in [0.25, 0.3) is 17.0 Å². The Kier molecular flexibility index (Phi) is 7.65. The minimum absolute atomic E-state index is 0.287. The summed E-state index contributed by atoms with van der Waals surface area (Å²) in [6.45, 7) is 2.26. The number of hydrogen-bond acceptors (Lipinski definition) is 2. The summed E-state index contributed by atoms with van der Waals surface area (Å²) in [5, 5.41) is 11.3. The number of allylic oxidation sites excluding steroid dienone is 1. The lowest BCUT2D eigenvalue weighted by molar-refractivity contribution is 0.479. The van der Waals surface area contributed by atoms with Crippen LogP contribution in [0.1, 0.15) is 70.3 Å². The van der Waals surface area contributed by atoms with Crippen molar-refractivity contribution < 1.29 is 5.11 Å². The standard InChI is InChI=1S/C21H29NO/c1-2-3-4-5-6-7-8-9-10-11-13-19-16-15-18-14-12-17-22-20(18)21(19)23/h11-17,23H,2-10H2,1H3/b13-11+. The summed E-state index contributed by atoms with van der Waals surface area (Å²) in [7, 11) is 0. The molecular weight excluding hydrogens is 282 g/mol. The van der Waals surface area contributed by atoms with Gasteiger partial charge in [-0.1, -0.05) is 82.2 Å². The third-order valence-corrected chi connectivity index (χ3v) is 4.30. The Bertz CT molecular complexity index is 618. The molecular formula is C21H29NO. The van der Waals surface area contributed by atoms with Crippen LogP contribution in [0, 0.1) is 0 Å². The first-order chi connectivity index (χ1) is 11.3. The molecule has 23 heavy (non-hydrogen) atoms. The van der Waals surface area contributed by atoms with Crippen molar-refractivity contribution >= 4 is 17.0 Å². The van der Waals surface area contributed by atoms with Gasteiger partial charge in [0.25, 0.3) is 0 Å². The Hall–Kier alpha value is -1.83. The highest BCUT2D eigenvalue weighted by atomic mass is 16.3. The van der Waals surface area contributed by atoms with E-state index in [0.29, 0.717) is 5.52 Å². The normalized spacial score (nSPS) is 11.5. The fourth-order valence-electron chi connectivity index (χ4n) is 2.89. The van der Waals surface area contributed by atoms with Gasteiger partial charge in [0.2, 0.25) is 0 Å². The molecule has 0 atom stereocenters. The van der Waals surface area contributed by atoms with Gasteiger partial charge in [0, 0.05) is 17.1 Å². The van der Waals surface area contributed by atoms with E-state index in [4.69, 9.17) is 0 Å². The molecule has 2 aromatic rings. The number of unbranched alkanes of at least 4 members (excludes halogenated alkanes) is 8. The van der Waals surface area contributed by atoms with Gasteiger partial charge in [0.1, 0.15) is 11.3 Å². The van der Waals surface area contributed by atoms with Crippen LogP contribution in [-0.2, 0) is 0 Å². The predicted molar refractivity (Wildman–Crippen MR) is 99.7 cm³/mol. The van der Waals surface area contributed by atoms with Gasteiger partial charge in [-0.05, 0) is 18.9 Å². The van der Waals surface area contributed by atoms with Gasteiger partial charge in [-0.2, -0.15) is 0 Å². The Morgan fingerprint density at radius 2 is 1.70 bits per heavy atom. The number of phenols is 1. The zero-order chi connectivity index (χ0) is 16.3. The second-order valence-electron chi connectivity index (χ2n) is 6.24. The first-order valence-electron chi connectivity index (χ1n) is 9.06. The first kappa shape index (κ1) is 17.5. The number of aromatic hydroxyl groups is 1. The maximum Gasteiger partial charge on any atom is 0.148 e. The molecule has 2 heteroatoms. The Morgan fingerprint density at radius 1 is 0.957 bits per heavy atom. The van der Waals surface area contributed by atoms with E-state index < -0.39 is 0 Å². The average Bonchev–Trinajstić information content (AvgIpc) is 2.58. The monoisotopic (exact) mass is 311 g/mol. The molecule has 0 fully saturated rings. The second-order valence-corrected chi connectivity index (χ2v) is 6.24. The van der Waals surface area contributed by atoms with Crippen molar-refractivity contribution in [3.63, 3.8) is 0 Å². The maximum atomic E-state index is 10.3. The van der Waals surface area contributed by atoms with Gasteiger partial charge in [-0.3, -0.25) is 4.98 Å². The summed E-state index contributed by atoms with van der Waals surface area (Å²) in [5.74, 6) is 0.287. The predicted octanol–water partition coefficient (Wildman–Crippen LogP) is 6.48. The number of benzene rings is 1. The van der Waals surface area contributed by atoms with Crippen molar-refractivity contribution in [1.82, 2.24) is 4.98 Å². The SMILES string of the molecule is CCCCCCCCCC/C=C/c1ccc2cccnc2c1O. The number of nitrogens with zero attached hydrogens (tertiary/aromatic N) is 1. The summed E-state index contributed by atoms with van der Waals surface area (Å²) < 4.78 is 0. The van der Waals surface area contributed by atoms with Crippen LogP contribution in [0.3, 0.4) is 0 Å². The van der Waals surface area contributed by atoms with Crippen LogP contribution in [0.5, 0.6) is 5.75 Å². The molecule has 2 nitrogen and oxygen atoms in total. The molecule has 0 aliphatic carbocycles. The number of phenolic OH excluding ortho intramolecular Hbond substituents is 1. The van der Waals surface area contributed by atoms with E-state index in [1.807, 2.05) is 30.3 Å². The largest absolute Gasteiger partial charge is 0.505 e. The molecule has 124 valence electrons. The fraction of sp³-hybridized carbons (Fsp3) is 0.476. The smallest absolute Gasteiger partial charge is 0.148 e. The van der Waals surface area contributed by atoms with E-state index in [1.54, 1.807) is 6.20 Å². The lowest BCUT2D eigenvalue weighted by atomic mass is 10.1. The van der Waals surface area contributed by atoms with Crippen molar-refractivity contribution in [3.05, 3.63) is 42.1 Å². The second kappa shape index (κ2) is 10.0. The third-order valence-electron chi connectivity index (χ3n) is 4.30. The summed E-state index contributed by atoms with van der Waals surface area (Å²) in [5.41, 5.74) is 1.54. The van der Waals surface area contributed by atoms with Crippen molar-refractivity contribution in [2.75, 3.05) is 0 Å². The molecule has 0 aliphatic heterocycles. The van der Waals surface area contributed by atoms with Crippen molar-refractivity contribution in [2.45, 2.75) is 64.7 Å². The fourth-order valence-corrected chi connectivity index (χ4v) is 2.89. The maximum absolute atomic E-state index is 10.3. The molecule has 0 unspecified atom stereocenters. The number of fused-ring (bicyclic) bond motifs is 1. The molecule has 0 saturated carbocycles. The van der Waals surface area contributed by atoms with Crippen LogP contribution in [0.4, 0.5) is 0 Å². The van der Waals surface area contributed by atoms with Crippen molar-refractivity contribution in [2.24, 2.45) is 0 Å². The van der Waals surface area contributed by atoms with Gasteiger partial charge < -0.3 is 5.11 Å². The molecule has 1 aromatic heterocycles. The molecule has 0 saturated heterocycles. The van der Waals surface area contributed by atoms with Crippen LogP contribution >= 0.6 is 0 Å². The van der Waals surface area contributed by atoms with E-state index in [1.165, 1.54) is 51.4 Å². The topological polar surface area (TPSA) is 33.1 Å². The quantitative estimate of drug-likeness (QED) is 0.509. The van der Waals surface area contributed by atoms with Crippen molar-refractivity contribution in [3.8, 4) is 5.75 Å². The van der Waals surface area contributed by atoms with E-state index in [-0.39, 0.29) is 5.75 Å². The van der Waals surface area contributed by atoms with Gasteiger partial charge in [0.05, 0.1) is 0 Å². The molecule has 0 spiro atoms. The summed E-state index contributed by atoms with van der Waals surface area (Å²) >= 11 is 0. The van der Waals surface area contributed by atoms with E-state index in [0.717, 1.165) is 17.4 Å². The summed E-state index contributed by atoms with van der Waals surface area (Å²) in [6.07, 6.45) is 17.7. The molecule has 1 N–H and O–H groups in total. The molecule has 0 amide bonds. The zero-order valence-corrected chi connectivity index (χ0v) is 14.3. The van der Waals surface area contributed by atoms with Gasteiger partial charge >= 0.3 is 0 Å². The lowest BCUT2D eigenvalue weighted by Gasteiger charge is -2.03. The molecule has 0 bridgehead atoms. The Balaban J connectivity index is 1.71. The average molecular weight is 311 g/mol. The molecule has 1 aromatic carbocycles. The lowest BCUT2D eigenvalue weighted by Crippen LogP contribution is -1.82. The van der Waals surface area contributed by atoms with Gasteiger partial charge in [-0.15, -0.1) is 0 Å². The highest BCUT2D eigenvalue weighted by molar-refractivity contribution is 5.87. The van der Waals surface area contributed by atoms with Crippen molar-refractivity contribution in [1.29, 1.82) is 0 Å². The van der Waals surface area contributed by atoms with Gasteiger partial charge in [-0.25, -0.2) is 0 Å². The van der Waals surface area contributed by atoms with E-state index in [2.05, 4.69) is 18.0 Å². The van der Waals surface area contributed by atoms with Crippen LogP contribution < -0.4 is 0 Å². The molecule has 0 aliphatic rings. The number of aromatic nitrogens is 1. The van der Waals surface area contributed by atoms with Gasteiger partial charge in [0.15, 0.2) is 0 Å². The van der Waals surface area contributed by atoms with E-state index >= 15 is 0 Å². The molecule has 1 heterocycles. The van der Waals surface area contributed by atoms with Crippen LogP contribution in [0.2, 0.25) is 0 Å².